The highest BCUT2D eigenvalue weighted by atomic mass is 19.2. The van der Waals surface area contributed by atoms with Crippen molar-refractivity contribution in [3.05, 3.63) is 35.4 Å². The fourth-order valence-electron chi connectivity index (χ4n) is 2.65. The van der Waals surface area contributed by atoms with Gasteiger partial charge < -0.3 is 4.74 Å². The van der Waals surface area contributed by atoms with Gasteiger partial charge in [0, 0.05) is 12.6 Å². The minimum absolute atomic E-state index is 0.115. The highest BCUT2D eigenvalue weighted by Gasteiger charge is 2.25. The fourth-order valence-corrected chi connectivity index (χ4v) is 2.65. The quantitative estimate of drug-likeness (QED) is 0.796. The van der Waals surface area contributed by atoms with Crippen LogP contribution in [0.5, 0.6) is 0 Å². The monoisotopic (exact) mass is 283 g/mol. The molecular weight excluding hydrogens is 264 g/mol. The zero-order valence-electron chi connectivity index (χ0n) is 11.6. The third-order valence-electron chi connectivity index (χ3n) is 3.75. The summed E-state index contributed by atoms with van der Waals surface area (Å²) in [5.41, 5.74) is 0.723. The largest absolute Gasteiger partial charge is 0.469 e. The van der Waals surface area contributed by atoms with Gasteiger partial charge >= 0.3 is 5.97 Å². The van der Waals surface area contributed by atoms with Crippen molar-refractivity contribution in [2.45, 2.75) is 38.3 Å². The van der Waals surface area contributed by atoms with Crippen molar-refractivity contribution >= 4 is 5.97 Å². The van der Waals surface area contributed by atoms with Gasteiger partial charge in [-0.3, -0.25) is 9.69 Å². The van der Waals surface area contributed by atoms with Gasteiger partial charge in [-0.05, 0) is 37.1 Å². The van der Waals surface area contributed by atoms with Crippen molar-refractivity contribution in [2.24, 2.45) is 0 Å². The van der Waals surface area contributed by atoms with Crippen molar-refractivity contribution in [1.82, 2.24) is 4.90 Å². The highest BCUT2D eigenvalue weighted by molar-refractivity contribution is 5.69. The van der Waals surface area contributed by atoms with Crippen molar-refractivity contribution in [2.75, 3.05) is 13.7 Å². The summed E-state index contributed by atoms with van der Waals surface area (Å²) in [4.78, 5) is 13.6. The van der Waals surface area contributed by atoms with Crippen molar-refractivity contribution in [1.29, 1.82) is 0 Å². The first-order valence-corrected chi connectivity index (χ1v) is 6.85. The summed E-state index contributed by atoms with van der Waals surface area (Å²) in [6.45, 7) is 1.39. The maximum atomic E-state index is 13.2. The molecule has 1 atom stereocenters. The van der Waals surface area contributed by atoms with Crippen LogP contribution in [0.3, 0.4) is 0 Å². The van der Waals surface area contributed by atoms with Gasteiger partial charge in [0.1, 0.15) is 0 Å². The maximum absolute atomic E-state index is 13.2. The molecule has 0 aliphatic carbocycles. The number of halogens is 2. The average Bonchev–Trinajstić information content (AvgIpc) is 2.45. The molecule has 1 aliphatic rings. The second kappa shape index (κ2) is 6.79. The van der Waals surface area contributed by atoms with Crippen LogP contribution in [-0.2, 0) is 16.1 Å². The van der Waals surface area contributed by atoms with Gasteiger partial charge in [-0.1, -0.05) is 12.5 Å². The van der Waals surface area contributed by atoms with Crippen LogP contribution in [0.4, 0.5) is 8.78 Å². The van der Waals surface area contributed by atoms with E-state index in [0.717, 1.165) is 37.4 Å². The molecule has 2 rings (SSSR count). The van der Waals surface area contributed by atoms with Crippen LogP contribution in [0.15, 0.2) is 18.2 Å². The summed E-state index contributed by atoms with van der Waals surface area (Å²) in [5, 5.41) is 0. The lowest BCUT2D eigenvalue weighted by Gasteiger charge is -2.35. The van der Waals surface area contributed by atoms with Gasteiger partial charge in [0.2, 0.25) is 0 Å². The summed E-state index contributed by atoms with van der Waals surface area (Å²) < 4.78 is 30.9. The van der Waals surface area contributed by atoms with Crippen LogP contribution in [0.2, 0.25) is 0 Å². The summed E-state index contributed by atoms with van der Waals surface area (Å²) in [6.07, 6.45) is 3.41. The Morgan fingerprint density at radius 3 is 2.85 bits per heavy atom. The molecule has 0 radical (unpaired) electrons. The van der Waals surface area contributed by atoms with E-state index in [4.69, 9.17) is 4.74 Å². The van der Waals surface area contributed by atoms with Gasteiger partial charge in [-0.2, -0.15) is 0 Å². The Morgan fingerprint density at radius 2 is 2.15 bits per heavy atom. The molecule has 110 valence electrons. The van der Waals surface area contributed by atoms with E-state index in [-0.39, 0.29) is 12.0 Å². The fraction of sp³-hybridized carbons (Fsp3) is 0.533. The minimum Gasteiger partial charge on any atom is -0.469 e. The summed E-state index contributed by atoms with van der Waals surface area (Å²) in [5.74, 6) is -1.89. The first-order chi connectivity index (χ1) is 9.60. The maximum Gasteiger partial charge on any atom is 0.307 e. The second-order valence-corrected chi connectivity index (χ2v) is 5.15. The van der Waals surface area contributed by atoms with E-state index in [1.807, 2.05) is 0 Å². The lowest BCUT2D eigenvalue weighted by Crippen LogP contribution is -2.40. The number of carbonyl (C=O) groups is 1. The van der Waals surface area contributed by atoms with E-state index >= 15 is 0 Å². The molecule has 0 saturated carbocycles. The molecule has 5 heteroatoms. The van der Waals surface area contributed by atoms with Crippen LogP contribution < -0.4 is 0 Å². The lowest BCUT2D eigenvalue weighted by molar-refractivity contribution is -0.142. The van der Waals surface area contributed by atoms with Gasteiger partial charge in [0.15, 0.2) is 11.6 Å². The molecule has 20 heavy (non-hydrogen) atoms. The second-order valence-electron chi connectivity index (χ2n) is 5.15. The predicted octanol–water partition coefficient (Wildman–Crippen LogP) is 2.88. The van der Waals surface area contributed by atoms with E-state index in [0.29, 0.717) is 13.0 Å². The number of likely N-dealkylation sites (tertiary alicyclic amines) is 1. The third-order valence-corrected chi connectivity index (χ3v) is 3.75. The molecular formula is C15H19F2NO2. The van der Waals surface area contributed by atoms with E-state index < -0.39 is 11.6 Å². The number of hydrogen-bond donors (Lipinski definition) is 0. The number of nitrogens with zero attached hydrogens (tertiary/aromatic N) is 1. The van der Waals surface area contributed by atoms with Crippen LogP contribution in [0, 0.1) is 11.6 Å². The molecule has 1 aliphatic heterocycles. The topological polar surface area (TPSA) is 29.5 Å². The van der Waals surface area contributed by atoms with Gasteiger partial charge in [-0.15, -0.1) is 0 Å². The Balaban J connectivity index is 2.04. The molecule has 1 aromatic carbocycles. The van der Waals surface area contributed by atoms with Gasteiger partial charge in [-0.25, -0.2) is 8.78 Å². The zero-order valence-corrected chi connectivity index (χ0v) is 11.6. The molecule has 3 nitrogen and oxygen atoms in total. The summed E-state index contributed by atoms with van der Waals surface area (Å²) in [6, 6.07) is 4.06. The third kappa shape index (κ3) is 3.76. The molecule has 0 amide bonds. The van der Waals surface area contributed by atoms with Crippen molar-refractivity contribution < 1.29 is 18.3 Å². The van der Waals surface area contributed by atoms with Crippen LogP contribution >= 0.6 is 0 Å². The minimum atomic E-state index is -0.835. The number of carbonyl (C=O) groups excluding carboxylic acids is 1. The Labute approximate surface area is 117 Å². The molecule has 1 fully saturated rings. The van der Waals surface area contributed by atoms with Crippen molar-refractivity contribution in [3.63, 3.8) is 0 Å². The molecule has 1 unspecified atom stereocenters. The summed E-state index contributed by atoms with van der Waals surface area (Å²) in [7, 11) is 1.38. The molecule has 1 heterocycles. The van der Waals surface area contributed by atoms with Gasteiger partial charge in [0.25, 0.3) is 0 Å². The molecule has 1 saturated heterocycles. The van der Waals surface area contributed by atoms with Crippen LogP contribution in [0.1, 0.15) is 31.2 Å². The normalized spacial score (nSPS) is 19.9. The summed E-state index contributed by atoms with van der Waals surface area (Å²) >= 11 is 0. The molecule has 1 aromatic rings. The molecule has 0 bridgehead atoms. The molecule has 0 aromatic heterocycles. The number of hydrogen-bond acceptors (Lipinski definition) is 3. The average molecular weight is 283 g/mol. The number of benzene rings is 1. The zero-order chi connectivity index (χ0) is 14.5. The standard InChI is InChI=1S/C15H19F2NO2/c1-20-15(19)9-12-4-2-3-7-18(12)10-11-5-6-13(16)14(17)8-11/h5-6,8,12H,2-4,7,9-10H2,1H3. The predicted molar refractivity (Wildman–Crippen MR) is 71.0 cm³/mol. The Hall–Kier alpha value is -1.49. The number of esters is 1. The number of ether oxygens (including phenoxy) is 1. The van der Waals surface area contributed by atoms with Gasteiger partial charge in [0.05, 0.1) is 13.5 Å². The van der Waals surface area contributed by atoms with E-state index in [1.165, 1.54) is 13.2 Å². The van der Waals surface area contributed by atoms with Crippen LogP contribution in [-0.4, -0.2) is 30.6 Å². The number of rotatable bonds is 4. The number of piperidine rings is 1. The van der Waals surface area contributed by atoms with Crippen LogP contribution in [0.25, 0.3) is 0 Å². The highest BCUT2D eigenvalue weighted by Crippen LogP contribution is 2.23. The van der Waals surface area contributed by atoms with E-state index in [1.54, 1.807) is 6.07 Å². The first-order valence-electron chi connectivity index (χ1n) is 6.85. The Bertz CT molecular complexity index is 479. The number of methoxy groups -OCH3 is 1. The molecule has 0 spiro atoms. The lowest BCUT2D eigenvalue weighted by atomic mass is 9.98. The smallest absolute Gasteiger partial charge is 0.307 e. The Kier molecular flexibility index (Phi) is 5.06. The Morgan fingerprint density at radius 1 is 1.35 bits per heavy atom. The van der Waals surface area contributed by atoms with E-state index in [9.17, 15) is 13.6 Å². The van der Waals surface area contributed by atoms with Crippen molar-refractivity contribution in [3.8, 4) is 0 Å². The first kappa shape index (κ1) is 14.9. The van der Waals surface area contributed by atoms with E-state index in [2.05, 4.69) is 4.90 Å². The SMILES string of the molecule is COC(=O)CC1CCCCN1Cc1ccc(F)c(F)c1. The molecule has 0 N–H and O–H groups in total.